The maximum atomic E-state index is 5.22. The molecule has 0 bridgehead atoms. The minimum Gasteiger partial charge on any atom is -0.383 e. The highest BCUT2D eigenvalue weighted by Gasteiger charge is 2.21. The van der Waals surface area contributed by atoms with Crippen LogP contribution in [-0.4, -0.2) is 54.7 Å². The Morgan fingerprint density at radius 2 is 1.81 bits per heavy atom. The predicted octanol–water partition coefficient (Wildman–Crippen LogP) is 3.75. The summed E-state index contributed by atoms with van der Waals surface area (Å²) in [7, 11) is 1.79. The van der Waals surface area contributed by atoms with Crippen molar-refractivity contribution in [1.29, 1.82) is 0 Å². The van der Waals surface area contributed by atoms with Gasteiger partial charge in [-0.2, -0.15) is 0 Å². The molecule has 1 aromatic carbocycles. The fourth-order valence-corrected chi connectivity index (χ4v) is 3.94. The molecule has 0 saturated carbocycles. The fraction of sp³-hybridized carbons (Fsp3) is 0.522. The summed E-state index contributed by atoms with van der Waals surface area (Å²) < 4.78 is 5.22. The molecule has 2 aromatic rings. The van der Waals surface area contributed by atoms with Crippen LogP contribution in [0.15, 0.2) is 48.8 Å². The van der Waals surface area contributed by atoms with Gasteiger partial charge in [-0.1, -0.05) is 24.3 Å². The van der Waals surface area contributed by atoms with Crippen LogP contribution in [0.3, 0.4) is 0 Å². The Hall–Kier alpha value is -1.75. The largest absolute Gasteiger partial charge is 0.383 e. The Labute approximate surface area is 164 Å². The number of methoxy groups -OCH3 is 1. The zero-order valence-electron chi connectivity index (χ0n) is 16.8. The molecule has 0 radical (unpaired) electrons. The van der Waals surface area contributed by atoms with Gasteiger partial charge in [0.1, 0.15) is 0 Å². The first-order valence-electron chi connectivity index (χ1n) is 10.1. The highest BCUT2D eigenvalue weighted by molar-refractivity contribution is 5.25. The Kier molecular flexibility index (Phi) is 7.81. The molecule has 0 N–H and O–H groups in total. The Bertz CT molecular complexity index is 668. The number of benzene rings is 1. The number of piperidine rings is 1. The molecule has 0 aliphatic carbocycles. The van der Waals surface area contributed by atoms with E-state index in [4.69, 9.17) is 4.74 Å². The van der Waals surface area contributed by atoms with Gasteiger partial charge in [0.05, 0.1) is 6.61 Å². The maximum Gasteiger partial charge on any atom is 0.0589 e. The van der Waals surface area contributed by atoms with E-state index < -0.39 is 0 Å². The van der Waals surface area contributed by atoms with Gasteiger partial charge in [0.15, 0.2) is 0 Å². The first-order chi connectivity index (χ1) is 13.2. The number of pyridine rings is 1. The van der Waals surface area contributed by atoms with Crippen LogP contribution in [0.4, 0.5) is 0 Å². The van der Waals surface area contributed by atoms with Crippen LogP contribution in [0, 0.1) is 12.8 Å². The van der Waals surface area contributed by atoms with E-state index in [1.807, 2.05) is 12.4 Å². The van der Waals surface area contributed by atoms with Crippen molar-refractivity contribution in [3.63, 3.8) is 0 Å². The average Bonchev–Trinajstić information content (AvgIpc) is 2.70. The van der Waals surface area contributed by atoms with Gasteiger partial charge < -0.3 is 9.64 Å². The van der Waals surface area contributed by atoms with Crippen molar-refractivity contribution in [2.45, 2.75) is 32.9 Å². The van der Waals surface area contributed by atoms with E-state index in [0.717, 1.165) is 38.7 Å². The lowest BCUT2D eigenvalue weighted by Gasteiger charge is -2.35. The van der Waals surface area contributed by atoms with Gasteiger partial charge in [0.2, 0.25) is 0 Å². The minimum absolute atomic E-state index is 0.773. The quantitative estimate of drug-likeness (QED) is 0.675. The second-order valence-corrected chi connectivity index (χ2v) is 7.73. The van der Waals surface area contributed by atoms with E-state index in [-0.39, 0.29) is 0 Å². The third kappa shape index (κ3) is 6.42. The van der Waals surface area contributed by atoms with Crippen molar-refractivity contribution in [1.82, 2.24) is 14.8 Å². The zero-order chi connectivity index (χ0) is 18.9. The molecule has 0 amide bonds. The predicted molar refractivity (Wildman–Crippen MR) is 111 cm³/mol. The standard InChI is InChI=1S/C23H33N3O/c1-20-5-3-4-6-23(20)19-26(17-21-7-11-24-12-8-21)18-22-9-13-25(14-10-22)15-16-27-2/h3-8,11-12,22H,9-10,13-19H2,1-2H3. The molecule has 1 aliphatic rings. The highest BCUT2D eigenvalue weighted by atomic mass is 16.5. The maximum absolute atomic E-state index is 5.22. The molecule has 4 heteroatoms. The molecule has 4 nitrogen and oxygen atoms in total. The summed E-state index contributed by atoms with van der Waals surface area (Å²) in [4.78, 5) is 9.32. The molecule has 0 atom stereocenters. The number of rotatable bonds is 9. The molecule has 3 rings (SSSR count). The molecular formula is C23H33N3O. The number of hydrogen-bond acceptors (Lipinski definition) is 4. The third-order valence-electron chi connectivity index (χ3n) is 5.65. The first-order valence-corrected chi connectivity index (χ1v) is 10.1. The highest BCUT2D eigenvalue weighted by Crippen LogP contribution is 2.21. The van der Waals surface area contributed by atoms with Crippen LogP contribution in [0.5, 0.6) is 0 Å². The summed E-state index contributed by atoms with van der Waals surface area (Å²) in [6.07, 6.45) is 6.36. The minimum atomic E-state index is 0.773. The van der Waals surface area contributed by atoms with Gasteiger partial charge in [0.25, 0.3) is 0 Å². The number of hydrogen-bond donors (Lipinski definition) is 0. The van der Waals surface area contributed by atoms with E-state index in [1.54, 1.807) is 7.11 Å². The summed E-state index contributed by atoms with van der Waals surface area (Å²) in [5.41, 5.74) is 4.16. The molecule has 27 heavy (non-hydrogen) atoms. The zero-order valence-corrected chi connectivity index (χ0v) is 16.8. The molecule has 1 aromatic heterocycles. The SMILES string of the molecule is COCCN1CCC(CN(Cc2ccncc2)Cc2ccccc2C)CC1. The Morgan fingerprint density at radius 3 is 2.52 bits per heavy atom. The van der Waals surface area contributed by atoms with Crippen molar-refractivity contribution >= 4 is 0 Å². The van der Waals surface area contributed by atoms with Gasteiger partial charge in [-0.05, 0) is 67.6 Å². The summed E-state index contributed by atoms with van der Waals surface area (Å²) in [5.74, 6) is 0.773. The molecule has 1 aliphatic heterocycles. The topological polar surface area (TPSA) is 28.6 Å². The number of aryl methyl sites for hydroxylation is 1. The van der Waals surface area contributed by atoms with Crippen LogP contribution < -0.4 is 0 Å². The van der Waals surface area contributed by atoms with Gasteiger partial charge in [-0.25, -0.2) is 0 Å². The fourth-order valence-electron chi connectivity index (χ4n) is 3.94. The van der Waals surface area contributed by atoms with Gasteiger partial charge in [0, 0.05) is 45.7 Å². The van der Waals surface area contributed by atoms with Crippen LogP contribution in [-0.2, 0) is 17.8 Å². The summed E-state index contributed by atoms with van der Waals surface area (Å²) in [6.45, 7) is 9.67. The van der Waals surface area contributed by atoms with E-state index in [0.29, 0.717) is 0 Å². The second-order valence-electron chi connectivity index (χ2n) is 7.73. The lowest BCUT2D eigenvalue weighted by Crippen LogP contribution is -2.39. The van der Waals surface area contributed by atoms with Crippen molar-refractivity contribution in [3.05, 3.63) is 65.5 Å². The molecular weight excluding hydrogens is 334 g/mol. The normalized spacial score (nSPS) is 16.1. The average molecular weight is 368 g/mol. The lowest BCUT2D eigenvalue weighted by atomic mass is 9.95. The summed E-state index contributed by atoms with van der Waals surface area (Å²) >= 11 is 0. The van der Waals surface area contributed by atoms with Gasteiger partial charge in [-0.3, -0.25) is 9.88 Å². The molecule has 0 spiro atoms. The van der Waals surface area contributed by atoms with Crippen molar-refractivity contribution in [2.24, 2.45) is 5.92 Å². The Morgan fingerprint density at radius 1 is 1.07 bits per heavy atom. The number of ether oxygens (including phenoxy) is 1. The van der Waals surface area contributed by atoms with Crippen molar-refractivity contribution in [2.75, 3.05) is 39.9 Å². The van der Waals surface area contributed by atoms with E-state index in [2.05, 4.69) is 58.1 Å². The molecule has 146 valence electrons. The van der Waals surface area contributed by atoms with E-state index in [1.165, 1.54) is 42.6 Å². The monoisotopic (exact) mass is 367 g/mol. The molecule has 0 unspecified atom stereocenters. The summed E-state index contributed by atoms with van der Waals surface area (Å²) in [5, 5.41) is 0. The smallest absolute Gasteiger partial charge is 0.0589 e. The third-order valence-corrected chi connectivity index (χ3v) is 5.65. The van der Waals surface area contributed by atoms with Crippen molar-refractivity contribution in [3.8, 4) is 0 Å². The van der Waals surface area contributed by atoms with Crippen molar-refractivity contribution < 1.29 is 4.74 Å². The lowest BCUT2D eigenvalue weighted by molar-refractivity contribution is 0.103. The second kappa shape index (κ2) is 10.5. The first kappa shape index (κ1) is 20.0. The van der Waals surface area contributed by atoms with E-state index >= 15 is 0 Å². The van der Waals surface area contributed by atoms with E-state index in [9.17, 15) is 0 Å². The number of likely N-dealkylation sites (tertiary alicyclic amines) is 1. The summed E-state index contributed by atoms with van der Waals surface area (Å²) in [6, 6.07) is 13.0. The number of nitrogens with zero attached hydrogens (tertiary/aromatic N) is 3. The van der Waals surface area contributed by atoms with Crippen LogP contribution in [0.25, 0.3) is 0 Å². The molecule has 1 fully saturated rings. The molecule has 1 saturated heterocycles. The van der Waals surface area contributed by atoms with Gasteiger partial charge >= 0.3 is 0 Å². The van der Waals surface area contributed by atoms with Gasteiger partial charge in [-0.15, -0.1) is 0 Å². The van der Waals surface area contributed by atoms with Crippen LogP contribution >= 0.6 is 0 Å². The Balaban J connectivity index is 1.61. The van der Waals surface area contributed by atoms with Crippen LogP contribution in [0.1, 0.15) is 29.5 Å². The molecule has 2 heterocycles. The van der Waals surface area contributed by atoms with Crippen LogP contribution in [0.2, 0.25) is 0 Å². The number of aromatic nitrogens is 1.